The lowest BCUT2D eigenvalue weighted by molar-refractivity contribution is -0.120. The minimum atomic E-state index is -0.379. The molecule has 1 N–H and O–H groups in total. The first kappa shape index (κ1) is 20.4. The van der Waals surface area contributed by atoms with Gasteiger partial charge in [-0.2, -0.15) is 5.10 Å². The zero-order valence-corrected chi connectivity index (χ0v) is 18.0. The van der Waals surface area contributed by atoms with Gasteiger partial charge in [-0.05, 0) is 36.5 Å². The van der Waals surface area contributed by atoms with Crippen LogP contribution < -0.4 is 10.2 Å². The molecule has 0 aromatic carbocycles. The van der Waals surface area contributed by atoms with Crippen LogP contribution in [0.4, 0.5) is 10.5 Å². The first-order valence-corrected chi connectivity index (χ1v) is 11.1. The number of ether oxygens (including phenoxy) is 1. The highest BCUT2D eigenvalue weighted by Gasteiger charge is 2.31. The SMILES string of the molecule is COC1CC(CN2CCN(Cc3ccn4ncc(N5CCC(=O)NC5=O)c4c3)CC2)C1. The van der Waals surface area contributed by atoms with E-state index in [1.807, 2.05) is 13.3 Å². The van der Waals surface area contributed by atoms with E-state index < -0.39 is 0 Å². The molecule has 2 aliphatic heterocycles. The number of amides is 3. The lowest BCUT2D eigenvalue weighted by Gasteiger charge is -2.41. The number of piperazine rings is 1. The fraction of sp³-hybridized carbons (Fsp3) is 0.591. The van der Waals surface area contributed by atoms with Gasteiger partial charge in [-0.3, -0.25) is 19.9 Å². The number of carbonyl (C=O) groups is 2. The summed E-state index contributed by atoms with van der Waals surface area (Å²) >= 11 is 0. The van der Waals surface area contributed by atoms with Crippen molar-refractivity contribution in [3.05, 3.63) is 30.1 Å². The van der Waals surface area contributed by atoms with Crippen molar-refractivity contribution in [3.63, 3.8) is 0 Å². The number of rotatable bonds is 6. The number of urea groups is 1. The summed E-state index contributed by atoms with van der Waals surface area (Å²) in [4.78, 5) is 30.4. The number of nitrogens with zero attached hydrogens (tertiary/aromatic N) is 5. The fourth-order valence-electron chi connectivity index (χ4n) is 4.88. The minimum absolute atomic E-state index is 0.228. The Labute approximate surface area is 181 Å². The maximum atomic E-state index is 12.3. The zero-order valence-electron chi connectivity index (χ0n) is 18.0. The molecule has 4 heterocycles. The van der Waals surface area contributed by atoms with Crippen LogP contribution in [0, 0.1) is 5.92 Å². The molecule has 1 saturated carbocycles. The van der Waals surface area contributed by atoms with E-state index in [2.05, 4.69) is 32.3 Å². The Morgan fingerprint density at radius 3 is 2.65 bits per heavy atom. The molecule has 2 aromatic rings. The monoisotopic (exact) mass is 426 g/mol. The number of fused-ring (bicyclic) bond motifs is 1. The quantitative estimate of drug-likeness (QED) is 0.750. The third-order valence-electron chi connectivity index (χ3n) is 6.82. The van der Waals surface area contributed by atoms with Crippen molar-refractivity contribution in [3.8, 4) is 0 Å². The zero-order chi connectivity index (χ0) is 21.4. The van der Waals surface area contributed by atoms with Gasteiger partial charge in [0.05, 0.1) is 23.5 Å². The number of aromatic nitrogens is 2. The molecule has 3 aliphatic rings. The first-order valence-electron chi connectivity index (χ1n) is 11.1. The Bertz CT molecular complexity index is 961. The van der Waals surface area contributed by atoms with Gasteiger partial charge in [0, 0.05) is 65.5 Å². The van der Waals surface area contributed by atoms with Gasteiger partial charge in [0.1, 0.15) is 0 Å². The van der Waals surface area contributed by atoms with Crippen molar-refractivity contribution in [1.82, 2.24) is 24.7 Å². The Morgan fingerprint density at radius 2 is 1.90 bits per heavy atom. The molecule has 2 saturated heterocycles. The van der Waals surface area contributed by atoms with Gasteiger partial charge in [0.25, 0.3) is 0 Å². The van der Waals surface area contributed by atoms with Crippen molar-refractivity contribution in [2.24, 2.45) is 5.92 Å². The smallest absolute Gasteiger partial charge is 0.328 e. The minimum Gasteiger partial charge on any atom is -0.381 e. The van der Waals surface area contributed by atoms with Gasteiger partial charge in [-0.1, -0.05) is 0 Å². The van der Waals surface area contributed by atoms with Crippen LogP contribution in [0.15, 0.2) is 24.5 Å². The van der Waals surface area contributed by atoms with E-state index in [0.29, 0.717) is 19.1 Å². The lowest BCUT2D eigenvalue weighted by Crippen LogP contribution is -2.49. The Kier molecular flexibility index (Phi) is 5.64. The lowest BCUT2D eigenvalue weighted by atomic mass is 9.82. The molecule has 31 heavy (non-hydrogen) atoms. The first-order chi connectivity index (χ1) is 15.1. The van der Waals surface area contributed by atoms with E-state index in [9.17, 15) is 9.59 Å². The number of hydrogen-bond donors (Lipinski definition) is 1. The van der Waals surface area contributed by atoms with Gasteiger partial charge in [-0.25, -0.2) is 9.31 Å². The number of anilines is 1. The Hall–Kier alpha value is -2.49. The predicted octanol–water partition coefficient (Wildman–Crippen LogP) is 1.32. The fourth-order valence-corrected chi connectivity index (χ4v) is 4.88. The van der Waals surface area contributed by atoms with Crippen molar-refractivity contribution >= 4 is 23.1 Å². The Morgan fingerprint density at radius 1 is 1.13 bits per heavy atom. The standard InChI is InChI=1S/C22H30N6O3/c1-31-18-10-17(11-18)15-26-8-6-25(7-9-26)14-16-2-5-28-19(12-16)20(13-23-28)27-4-3-21(29)24-22(27)30/h2,5,12-13,17-18H,3-4,6-11,14-15H2,1H3,(H,24,29,30). The largest absolute Gasteiger partial charge is 0.381 e. The molecule has 9 heteroatoms. The van der Waals surface area contributed by atoms with E-state index in [1.54, 1.807) is 15.6 Å². The third-order valence-corrected chi connectivity index (χ3v) is 6.82. The molecule has 2 aromatic heterocycles. The average Bonchev–Trinajstić information content (AvgIpc) is 3.15. The van der Waals surface area contributed by atoms with Crippen LogP contribution in [-0.2, 0) is 16.1 Å². The average molecular weight is 427 g/mol. The molecule has 166 valence electrons. The summed E-state index contributed by atoms with van der Waals surface area (Å²) in [6.45, 7) is 6.80. The van der Waals surface area contributed by atoms with Crippen molar-refractivity contribution in [2.45, 2.75) is 31.9 Å². The van der Waals surface area contributed by atoms with E-state index >= 15 is 0 Å². The van der Waals surface area contributed by atoms with E-state index in [1.165, 1.54) is 24.9 Å². The number of nitrogens with one attached hydrogen (secondary N) is 1. The third kappa shape index (κ3) is 4.30. The summed E-state index contributed by atoms with van der Waals surface area (Å²) in [5.41, 5.74) is 2.84. The van der Waals surface area contributed by atoms with Gasteiger partial charge in [0.15, 0.2) is 0 Å². The van der Waals surface area contributed by atoms with E-state index in [0.717, 1.165) is 49.8 Å². The van der Waals surface area contributed by atoms with Crippen LogP contribution in [0.25, 0.3) is 5.52 Å². The molecule has 0 bridgehead atoms. The summed E-state index contributed by atoms with van der Waals surface area (Å²) in [6.07, 6.45) is 6.83. The molecule has 3 fully saturated rings. The van der Waals surface area contributed by atoms with Crippen LogP contribution in [0.2, 0.25) is 0 Å². The molecular formula is C22H30N6O3. The van der Waals surface area contributed by atoms with Crippen LogP contribution in [0.5, 0.6) is 0 Å². The normalized spacial score (nSPS) is 25.6. The summed E-state index contributed by atoms with van der Waals surface area (Å²) in [5, 5.41) is 6.76. The summed E-state index contributed by atoms with van der Waals surface area (Å²) in [5.74, 6) is 0.565. The van der Waals surface area contributed by atoms with Gasteiger partial charge >= 0.3 is 6.03 Å². The second-order valence-corrected chi connectivity index (χ2v) is 8.92. The highest BCUT2D eigenvalue weighted by molar-refractivity contribution is 6.07. The van der Waals surface area contributed by atoms with Gasteiger partial charge in [0.2, 0.25) is 5.91 Å². The second kappa shape index (κ2) is 8.57. The molecule has 9 nitrogen and oxygen atoms in total. The number of imide groups is 1. The Balaban J connectivity index is 1.20. The maximum absolute atomic E-state index is 12.3. The summed E-state index contributed by atoms with van der Waals surface area (Å²) in [7, 11) is 1.81. The molecule has 1 aliphatic carbocycles. The van der Waals surface area contributed by atoms with Crippen LogP contribution in [0.3, 0.4) is 0 Å². The van der Waals surface area contributed by atoms with E-state index in [-0.39, 0.29) is 11.9 Å². The van der Waals surface area contributed by atoms with Crippen molar-refractivity contribution < 1.29 is 14.3 Å². The van der Waals surface area contributed by atoms with Crippen molar-refractivity contribution in [1.29, 1.82) is 0 Å². The molecule has 0 atom stereocenters. The molecule has 0 spiro atoms. The highest BCUT2D eigenvalue weighted by atomic mass is 16.5. The molecule has 0 unspecified atom stereocenters. The van der Waals surface area contributed by atoms with Crippen LogP contribution >= 0.6 is 0 Å². The number of pyridine rings is 1. The number of hydrogen-bond acceptors (Lipinski definition) is 6. The predicted molar refractivity (Wildman–Crippen MR) is 116 cm³/mol. The molecule has 0 radical (unpaired) electrons. The summed E-state index contributed by atoms with van der Waals surface area (Å²) in [6, 6.07) is 3.82. The van der Waals surface area contributed by atoms with Gasteiger partial charge in [-0.15, -0.1) is 0 Å². The molecule has 5 rings (SSSR count). The van der Waals surface area contributed by atoms with Crippen LogP contribution in [0.1, 0.15) is 24.8 Å². The molecule has 3 amide bonds. The van der Waals surface area contributed by atoms with Crippen LogP contribution in [-0.4, -0.2) is 83.8 Å². The van der Waals surface area contributed by atoms with E-state index in [4.69, 9.17) is 4.74 Å². The maximum Gasteiger partial charge on any atom is 0.328 e. The highest BCUT2D eigenvalue weighted by Crippen LogP contribution is 2.30. The molecular weight excluding hydrogens is 396 g/mol. The second-order valence-electron chi connectivity index (χ2n) is 8.92. The number of carbonyl (C=O) groups excluding carboxylic acids is 2. The number of methoxy groups -OCH3 is 1. The van der Waals surface area contributed by atoms with Gasteiger partial charge < -0.3 is 9.64 Å². The van der Waals surface area contributed by atoms with Crippen molar-refractivity contribution in [2.75, 3.05) is 51.3 Å². The topological polar surface area (TPSA) is 82.4 Å². The summed E-state index contributed by atoms with van der Waals surface area (Å²) < 4.78 is 7.18.